The third-order valence-corrected chi connectivity index (χ3v) is 2.45. The van der Waals surface area contributed by atoms with Gasteiger partial charge in [-0.15, -0.1) is 12.4 Å². The van der Waals surface area contributed by atoms with Gasteiger partial charge in [0.05, 0.1) is 0 Å². The first-order valence-electron chi connectivity index (χ1n) is 4.58. The highest BCUT2D eigenvalue weighted by Gasteiger charge is 2.16. The minimum atomic E-state index is 0. The van der Waals surface area contributed by atoms with Crippen LogP contribution in [0.3, 0.4) is 0 Å². The molecule has 1 fully saturated rings. The summed E-state index contributed by atoms with van der Waals surface area (Å²) >= 11 is 0. The number of H-pyrrole nitrogens is 1. The van der Waals surface area contributed by atoms with E-state index in [1.54, 1.807) is 0 Å². The van der Waals surface area contributed by atoms with Crippen molar-refractivity contribution < 1.29 is 0 Å². The van der Waals surface area contributed by atoms with E-state index in [4.69, 9.17) is 0 Å². The molecular weight excluding hydrogens is 186 g/mol. The van der Waals surface area contributed by atoms with Gasteiger partial charge < -0.3 is 10.3 Å². The molecule has 1 saturated heterocycles. The topological polar surface area (TPSA) is 40.7 Å². The van der Waals surface area contributed by atoms with Gasteiger partial charge in [0.15, 0.2) is 0 Å². The van der Waals surface area contributed by atoms with Crippen molar-refractivity contribution in [3.8, 4) is 0 Å². The Bertz CT molecular complexity index is 253. The van der Waals surface area contributed by atoms with Crippen LogP contribution in [0.4, 0.5) is 0 Å². The number of aryl methyl sites for hydroxylation is 1. The van der Waals surface area contributed by atoms with E-state index in [2.05, 4.69) is 22.2 Å². The summed E-state index contributed by atoms with van der Waals surface area (Å²) in [5.41, 5.74) is 1.17. The molecule has 1 aliphatic rings. The van der Waals surface area contributed by atoms with Crippen molar-refractivity contribution in [2.24, 2.45) is 0 Å². The molecule has 13 heavy (non-hydrogen) atoms. The highest BCUT2D eigenvalue weighted by atomic mass is 35.5. The summed E-state index contributed by atoms with van der Waals surface area (Å²) in [5.74, 6) is 1.83. The molecule has 0 aliphatic carbocycles. The van der Waals surface area contributed by atoms with Crippen LogP contribution in [0.1, 0.15) is 30.3 Å². The van der Waals surface area contributed by atoms with Gasteiger partial charge in [0, 0.05) is 17.8 Å². The lowest BCUT2D eigenvalue weighted by Gasteiger charge is -2.20. The molecule has 0 unspecified atom stereocenters. The standard InChI is InChI=1S/C9H15N3.ClH/c1-7-6-11-9(12-7)8-2-4-10-5-3-8;/h6,8,10H,2-5H2,1H3,(H,11,12);1H. The summed E-state index contributed by atoms with van der Waals surface area (Å²) in [5, 5.41) is 3.35. The molecule has 3 nitrogen and oxygen atoms in total. The second-order valence-corrected chi connectivity index (χ2v) is 3.48. The van der Waals surface area contributed by atoms with Gasteiger partial charge in [-0.2, -0.15) is 0 Å². The second-order valence-electron chi connectivity index (χ2n) is 3.48. The summed E-state index contributed by atoms with van der Waals surface area (Å²) in [6.07, 6.45) is 4.34. The zero-order valence-corrected chi connectivity index (χ0v) is 8.66. The van der Waals surface area contributed by atoms with E-state index in [0.717, 1.165) is 13.1 Å². The molecule has 4 heteroatoms. The number of nitrogens with zero attached hydrogens (tertiary/aromatic N) is 1. The van der Waals surface area contributed by atoms with Gasteiger partial charge in [-0.3, -0.25) is 0 Å². The Kier molecular flexibility index (Phi) is 3.75. The average Bonchev–Trinajstić information content (AvgIpc) is 2.54. The monoisotopic (exact) mass is 201 g/mol. The maximum Gasteiger partial charge on any atom is 0.109 e. The SMILES string of the molecule is Cc1cnc(C2CCNCC2)[nH]1.Cl. The van der Waals surface area contributed by atoms with E-state index in [1.807, 2.05) is 6.20 Å². The molecule has 0 radical (unpaired) electrons. The fourth-order valence-electron chi connectivity index (χ4n) is 1.74. The summed E-state index contributed by atoms with van der Waals surface area (Å²) < 4.78 is 0. The largest absolute Gasteiger partial charge is 0.346 e. The smallest absolute Gasteiger partial charge is 0.109 e. The van der Waals surface area contributed by atoms with Crippen LogP contribution in [0.15, 0.2) is 6.20 Å². The molecule has 2 rings (SSSR count). The number of hydrogen-bond donors (Lipinski definition) is 2. The van der Waals surface area contributed by atoms with Crippen LogP contribution in [0, 0.1) is 6.92 Å². The Morgan fingerprint density at radius 3 is 2.62 bits per heavy atom. The minimum absolute atomic E-state index is 0. The van der Waals surface area contributed by atoms with Crippen LogP contribution in [-0.2, 0) is 0 Å². The maximum atomic E-state index is 4.36. The molecule has 2 N–H and O–H groups in total. The van der Waals surface area contributed by atoms with Crippen LogP contribution in [0.2, 0.25) is 0 Å². The molecule has 0 atom stereocenters. The Hall–Kier alpha value is -0.540. The third kappa shape index (κ3) is 2.45. The molecule has 0 bridgehead atoms. The van der Waals surface area contributed by atoms with Crippen molar-refractivity contribution >= 4 is 12.4 Å². The van der Waals surface area contributed by atoms with Gasteiger partial charge in [0.2, 0.25) is 0 Å². The molecule has 74 valence electrons. The lowest BCUT2D eigenvalue weighted by molar-refractivity contribution is 0.447. The van der Waals surface area contributed by atoms with Crippen molar-refractivity contribution in [3.05, 3.63) is 17.7 Å². The average molecular weight is 202 g/mol. The molecule has 0 aromatic carbocycles. The number of hydrogen-bond acceptors (Lipinski definition) is 2. The van der Waals surface area contributed by atoms with E-state index in [-0.39, 0.29) is 12.4 Å². The molecule has 1 aliphatic heterocycles. The molecule has 0 saturated carbocycles. The fourth-order valence-corrected chi connectivity index (χ4v) is 1.74. The summed E-state index contributed by atoms with van der Waals surface area (Å²) in [6, 6.07) is 0. The predicted molar refractivity (Wildman–Crippen MR) is 55.4 cm³/mol. The van der Waals surface area contributed by atoms with Crippen molar-refractivity contribution in [1.82, 2.24) is 15.3 Å². The zero-order chi connectivity index (χ0) is 8.39. The summed E-state index contributed by atoms with van der Waals surface area (Å²) in [4.78, 5) is 7.66. The first-order chi connectivity index (χ1) is 5.86. The highest BCUT2D eigenvalue weighted by molar-refractivity contribution is 5.85. The quantitative estimate of drug-likeness (QED) is 0.725. The lowest BCUT2D eigenvalue weighted by Crippen LogP contribution is -2.27. The molecular formula is C9H16ClN3. The van der Waals surface area contributed by atoms with E-state index in [1.165, 1.54) is 24.4 Å². The van der Waals surface area contributed by atoms with Gasteiger partial charge in [-0.05, 0) is 32.9 Å². The van der Waals surface area contributed by atoms with Crippen molar-refractivity contribution in [3.63, 3.8) is 0 Å². The Balaban J connectivity index is 0.000000845. The van der Waals surface area contributed by atoms with Gasteiger partial charge in [0.25, 0.3) is 0 Å². The molecule has 2 heterocycles. The van der Waals surface area contributed by atoms with Gasteiger partial charge >= 0.3 is 0 Å². The fraction of sp³-hybridized carbons (Fsp3) is 0.667. The van der Waals surface area contributed by atoms with Gasteiger partial charge in [-0.25, -0.2) is 4.98 Å². The first kappa shape index (κ1) is 10.5. The summed E-state index contributed by atoms with van der Waals surface area (Å²) in [7, 11) is 0. The molecule has 0 amide bonds. The second kappa shape index (κ2) is 4.63. The zero-order valence-electron chi connectivity index (χ0n) is 7.84. The van der Waals surface area contributed by atoms with E-state index >= 15 is 0 Å². The minimum Gasteiger partial charge on any atom is -0.346 e. The highest BCUT2D eigenvalue weighted by Crippen LogP contribution is 2.21. The Morgan fingerprint density at radius 2 is 2.08 bits per heavy atom. The maximum absolute atomic E-state index is 4.36. The first-order valence-corrected chi connectivity index (χ1v) is 4.58. The van der Waals surface area contributed by atoms with Crippen LogP contribution in [0.5, 0.6) is 0 Å². The summed E-state index contributed by atoms with van der Waals surface area (Å²) in [6.45, 7) is 4.31. The third-order valence-electron chi connectivity index (χ3n) is 2.45. The molecule has 1 aromatic heterocycles. The van der Waals surface area contributed by atoms with Gasteiger partial charge in [0.1, 0.15) is 5.82 Å². The van der Waals surface area contributed by atoms with Crippen molar-refractivity contribution in [1.29, 1.82) is 0 Å². The number of imidazole rings is 1. The Labute approximate surface area is 84.7 Å². The van der Waals surface area contributed by atoms with E-state index < -0.39 is 0 Å². The van der Waals surface area contributed by atoms with Crippen molar-refractivity contribution in [2.75, 3.05) is 13.1 Å². The molecule has 1 aromatic rings. The number of halogens is 1. The van der Waals surface area contributed by atoms with E-state index in [9.17, 15) is 0 Å². The van der Waals surface area contributed by atoms with Gasteiger partial charge in [-0.1, -0.05) is 0 Å². The predicted octanol–water partition coefficient (Wildman–Crippen LogP) is 1.61. The van der Waals surface area contributed by atoms with Crippen molar-refractivity contribution in [2.45, 2.75) is 25.7 Å². The number of piperidine rings is 1. The number of aromatic amines is 1. The van der Waals surface area contributed by atoms with Crippen LogP contribution in [0.25, 0.3) is 0 Å². The number of aromatic nitrogens is 2. The van der Waals surface area contributed by atoms with Crippen LogP contribution in [-0.4, -0.2) is 23.1 Å². The number of nitrogens with one attached hydrogen (secondary N) is 2. The number of rotatable bonds is 1. The van der Waals surface area contributed by atoms with Crippen LogP contribution >= 0.6 is 12.4 Å². The Morgan fingerprint density at radius 1 is 1.38 bits per heavy atom. The molecule has 0 spiro atoms. The van der Waals surface area contributed by atoms with Crippen LogP contribution < -0.4 is 5.32 Å². The lowest BCUT2D eigenvalue weighted by atomic mass is 9.98. The van der Waals surface area contributed by atoms with E-state index in [0.29, 0.717) is 5.92 Å². The normalized spacial score (nSPS) is 18.2.